The zero-order valence-electron chi connectivity index (χ0n) is 10.1. The van der Waals surface area contributed by atoms with Gasteiger partial charge in [0, 0.05) is 6.04 Å². The average Bonchev–Trinajstić information content (AvgIpc) is 2.63. The number of ether oxygens (including phenoxy) is 1. The van der Waals surface area contributed by atoms with Gasteiger partial charge in [-0.05, 0) is 48.8 Å². The van der Waals surface area contributed by atoms with Crippen LogP contribution in [0.25, 0.3) is 0 Å². The summed E-state index contributed by atoms with van der Waals surface area (Å²) < 4.78 is 8.69. The zero-order chi connectivity index (χ0) is 12.4. The lowest BCUT2D eigenvalue weighted by molar-refractivity contribution is 0.393. The molecule has 1 aromatic heterocycles. The zero-order valence-corrected chi connectivity index (χ0v) is 11.7. The number of halogens is 1. The maximum atomic E-state index is 5.77. The maximum absolute atomic E-state index is 5.77. The van der Waals surface area contributed by atoms with Crippen molar-refractivity contribution in [1.29, 1.82) is 0 Å². The van der Waals surface area contributed by atoms with Gasteiger partial charge in [0.25, 0.3) is 0 Å². The van der Waals surface area contributed by atoms with Gasteiger partial charge in [0.05, 0.1) is 6.20 Å². The molecule has 0 aliphatic rings. The van der Waals surface area contributed by atoms with Crippen molar-refractivity contribution in [3.05, 3.63) is 40.6 Å². The first-order chi connectivity index (χ1) is 8.08. The highest BCUT2D eigenvalue weighted by Crippen LogP contribution is 2.27. The third-order valence-corrected chi connectivity index (χ3v) is 3.05. The lowest BCUT2D eigenvalue weighted by atomic mass is 10.2. The number of hydrogen-bond donors (Lipinski definition) is 0. The quantitative estimate of drug-likeness (QED) is 0.842. The van der Waals surface area contributed by atoms with E-state index in [2.05, 4.69) is 41.7 Å². The molecule has 0 spiro atoms. The number of aromatic nitrogens is 2. The Labute approximate surface area is 110 Å². The van der Waals surface area contributed by atoms with Gasteiger partial charge in [-0.25, -0.2) is 4.98 Å². The summed E-state index contributed by atoms with van der Waals surface area (Å²) in [7, 11) is 0. The van der Waals surface area contributed by atoms with Gasteiger partial charge in [-0.1, -0.05) is 17.7 Å². The standard InChI is InChI=1S/C13H15BrN2O/c1-9(2)16-12(14)8-15-13(16)17-11-6-4-10(3)5-7-11/h4-9H,1-3H3. The molecule has 0 aliphatic carbocycles. The van der Waals surface area contributed by atoms with Crippen LogP contribution < -0.4 is 4.74 Å². The molecular weight excluding hydrogens is 280 g/mol. The number of aryl methyl sites for hydroxylation is 1. The summed E-state index contributed by atoms with van der Waals surface area (Å²) in [6, 6.07) is 8.84. The molecule has 90 valence electrons. The Hall–Kier alpha value is -1.29. The van der Waals surface area contributed by atoms with Crippen molar-refractivity contribution < 1.29 is 4.74 Å². The molecule has 1 heterocycles. The second-order valence-electron chi connectivity index (χ2n) is 4.24. The second-order valence-corrected chi connectivity index (χ2v) is 5.05. The highest BCUT2D eigenvalue weighted by atomic mass is 79.9. The molecule has 2 rings (SSSR count). The Morgan fingerprint density at radius 1 is 1.24 bits per heavy atom. The SMILES string of the molecule is Cc1ccc(Oc2ncc(Br)n2C(C)C)cc1. The fourth-order valence-electron chi connectivity index (χ4n) is 1.58. The molecule has 0 saturated carbocycles. The molecule has 0 amide bonds. The van der Waals surface area contributed by atoms with Gasteiger partial charge in [0.15, 0.2) is 0 Å². The maximum Gasteiger partial charge on any atom is 0.302 e. The third kappa shape index (κ3) is 2.69. The Balaban J connectivity index is 2.27. The molecular formula is C13H15BrN2O. The van der Waals surface area contributed by atoms with Crippen LogP contribution in [0.4, 0.5) is 0 Å². The van der Waals surface area contributed by atoms with Gasteiger partial charge in [-0.3, -0.25) is 4.57 Å². The van der Waals surface area contributed by atoms with Crippen LogP contribution in [0.15, 0.2) is 35.1 Å². The lowest BCUT2D eigenvalue weighted by Gasteiger charge is -2.13. The van der Waals surface area contributed by atoms with Gasteiger partial charge < -0.3 is 4.74 Å². The van der Waals surface area contributed by atoms with E-state index in [0.717, 1.165) is 10.4 Å². The average molecular weight is 295 g/mol. The number of rotatable bonds is 3. The molecule has 2 aromatic rings. The Morgan fingerprint density at radius 3 is 2.47 bits per heavy atom. The molecule has 0 bridgehead atoms. The van der Waals surface area contributed by atoms with Gasteiger partial charge in [-0.2, -0.15) is 0 Å². The molecule has 0 radical (unpaired) electrons. The predicted octanol–water partition coefficient (Wildman–Crippen LogP) is 4.33. The molecule has 0 unspecified atom stereocenters. The van der Waals surface area contributed by atoms with Gasteiger partial charge in [-0.15, -0.1) is 0 Å². The summed E-state index contributed by atoms with van der Waals surface area (Å²) in [5.41, 5.74) is 1.21. The van der Waals surface area contributed by atoms with E-state index in [9.17, 15) is 0 Å². The molecule has 0 saturated heterocycles. The first kappa shape index (κ1) is 12.2. The number of hydrogen-bond acceptors (Lipinski definition) is 2. The second kappa shape index (κ2) is 4.92. The van der Waals surface area contributed by atoms with E-state index in [-0.39, 0.29) is 0 Å². The minimum atomic E-state index is 0.298. The first-order valence-electron chi connectivity index (χ1n) is 5.55. The summed E-state index contributed by atoms with van der Waals surface area (Å²) in [5, 5.41) is 0. The summed E-state index contributed by atoms with van der Waals surface area (Å²) in [6.07, 6.45) is 1.75. The van der Waals surface area contributed by atoms with Crippen LogP contribution >= 0.6 is 15.9 Å². The van der Waals surface area contributed by atoms with Gasteiger partial charge in [0.2, 0.25) is 0 Å². The summed E-state index contributed by atoms with van der Waals surface area (Å²) in [5.74, 6) is 0.801. The van der Waals surface area contributed by atoms with Crippen molar-refractivity contribution in [1.82, 2.24) is 9.55 Å². The van der Waals surface area contributed by atoms with Crippen LogP contribution in [0.1, 0.15) is 25.5 Å². The molecule has 17 heavy (non-hydrogen) atoms. The monoisotopic (exact) mass is 294 g/mol. The molecule has 0 fully saturated rings. The Kier molecular flexibility index (Phi) is 3.52. The third-order valence-electron chi connectivity index (χ3n) is 2.46. The van der Waals surface area contributed by atoms with Crippen LogP contribution in [-0.4, -0.2) is 9.55 Å². The highest BCUT2D eigenvalue weighted by molar-refractivity contribution is 9.10. The van der Waals surface area contributed by atoms with Crippen molar-refractivity contribution in [2.45, 2.75) is 26.8 Å². The molecule has 0 N–H and O–H groups in total. The number of nitrogens with zero attached hydrogens (tertiary/aromatic N) is 2. The molecule has 3 nitrogen and oxygen atoms in total. The molecule has 0 aliphatic heterocycles. The normalized spacial score (nSPS) is 10.9. The lowest BCUT2D eigenvalue weighted by Crippen LogP contribution is -2.03. The fraction of sp³-hybridized carbons (Fsp3) is 0.308. The van der Waals surface area contributed by atoms with E-state index in [0.29, 0.717) is 12.1 Å². The van der Waals surface area contributed by atoms with Gasteiger partial charge in [0.1, 0.15) is 10.4 Å². The minimum absolute atomic E-state index is 0.298. The molecule has 1 aromatic carbocycles. The van der Waals surface area contributed by atoms with Crippen LogP contribution in [0.3, 0.4) is 0 Å². The largest absolute Gasteiger partial charge is 0.425 e. The van der Waals surface area contributed by atoms with Crippen molar-refractivity contribution in [2.75, 3.05) is 0 Å². The smallest absolute Gasteiger partial charge is 0.302 e. The van der Waals surface area contributed by atoms with Crippen molar-refractivity contribution in [2.24, 2.45) is 0 Å². The van der Waals surface area contributed by atoms with Crippen molar-refractivity contribution >= 4 is 15.9 Å². The Bertz CT molecular complexity index is 503. The van der Waals surface area contributed by atoms with Crippen LogP contribution in [0.2, 0.25) is 0 Å². The van der Waals surface area contributed by atoms with Crippen molar-refractivity contribution in [3.8, 4) is 11.8 Å². The summed E-state index contributed by atoms with van der Waals surface area (Å²) >= 11 is 3.46. The topological polar surface area (TPSA) is 27.1 Å². The fourth-order valence-corrected chi connectivity index (χ4v) is 2.24. The van der Waals surface area contributed by atoms with E-state index in [1.54, 1.807) is 6.20 Å². The van der Waals surface area contributed by atoms with E-state index in [1.807, 2.05) is 28.8 Å². The Morgan fingerprint density at radius 2 is 1.88 bits per heavy atom. The number of imidazole rings is 1. The van der Waals surface area contributed by atoms with E-state index in [1.165, 1.54) is 5.56 Å². The van der Waals surface area contributed by atoms with E-state index in [4.69, 9.17) is 4.74 Å². The summed E-state index contributed by atoms with van der Waals surface area (Å²) in [4.78, 5) is 4.25. The van der Waals surface area contributed by atoms with Crippen LogP contribution in [0.5, 0.6) is 11.8 Å². The molecule has 0 atom stereocenters. The minimum Gasteiger partial charge on any atom is -0.425 e. The first-order valence-corrected chi connectivity index (χ1v) is 6.34. The summed E-state index contributed by atoms with van der Waals surface area (Å²) in [6.45, 7) is 6.23. The highest BCUT2D eigenvalue weighted by Gasteiger charge is 2.12. The van der Waals surface area contributed by atoms with Crippen LogP contribution in [0, 0.1) is 6.92 Å². The van der Waals surface area contributed by atoms with Crippen LogP contribution in [-0.2, 0) is 0 Å². The number of benzene rings is 1. The van der Waals surface area contributed by atoms with E-state index < -0.39 is 0 Å². The van der Waals surface area contributed by atoms with Gasteiger partial charge >= 0.3 is 6.01 Å². The van der Waals surface area contributed by atoms with Crippen molar-refractivity contribution in [3.63, 3.8) is 0 Å². The molecule has 4 heteroatoms. The predicted molar refractivity (Wildman–Crippen MR) is 71.6 cm³/mol. The van der Waals surface area contributed by atoms with E-state index >= 15 is 0 Å².